The SMILES string of the molecule is C[C@@H]1O[C@@H](O[C@H]2[C@H](Oc3ccc4c(c3)OC(c3ccccc3)CC4=O)O[C@H](CO)[C@@H](O)[C@@H]2O)[C@H](O)[C@H](O)[C@H]1O. The molecule has 12 heteroatoms. The summed E-state index contributed by atoms with van der Waals surface area (Å²) in [6.45, 7) is 0.821. The molecule has 6 N–H and O–H groups in total. The zero-order chi connectivity index (χ0) is 27.8. The van der Waals surface area contributed by atoms with Crippen LogP contribution < -0.4 is 9.47 Å². The Hall–Kier alpha value is -2.65. The number of benzene rings is 2. The van der Waals surface area contributed by atoms with E-state index >= 15 is 0 Å². The second-order valence-electron chi connectivity index (χ2n) is 9.91. The Bertz CT molecular complexity index is 1140. The van der Waals surface area contributed by atoms with E-state index in [0.29, 0.717) is 5.56 Å². The van der Waals surface area contributed by atoms with Crippen molar-refractivity contribution in [2.24, 2.45) is 0 Å². The minimum Gasteiger partial charge on any atom is -0.484 e. The van der Waals surface area contributed by atoms with Gasteiger partial charge < -0.3 is 54.3 Å². The molecule has 39 heavy (non-hydrogen) atoms. The van der Waals surface area contributed by atoms with Crippen LogP contribution in [0.2, 0.25) is 0 Å². The number of aliphatic hydroxyl groups excluding tert-OH is 6. The molecule has 0 saturated carbocycles. The second kappa shape index (κ2) is 11.5. The normalized spacial score (nSPS) is 38.5. The lowest BCUT2D eigenvalue weighted by Gasteiger charge is -2.45. The Morgan fingerprint density at radius 3 is 2.33 bits per heavy atom. The zero-order valence-corrected chi connectivity index (χ0v) is 21.0. The largest absolute Gasteiger partial charge is 0.484 e. The Balaban J connectivity index is 1.38. The van der Waals surface area contributed by atoms with Crippen molar-refractivity contribution in [1.82, 2.24) is 0 Å². The van der Waals surface area contributed by atoms with Crippen LogP contribution in [0.5, 0.6) is 11.5 Å². The average Bonchev–Trinajstić information content (AvgIpc) is 2.94. The van der Waals surface area contributed by atoms with Gasteiger partial charge in [0.25, 0.3) is 0 Å². The summed E-state index contributed by atoms with van der Waals surface area (Å²) in [6.07, 6.45) is -14.8. The molecule has 12 nitrogen and oxygen atoms in total. The maximum absolute atomic E-state index is 12.8. The Morgan fingerprint density at radius 2 is 1.62 bits per heavy atom. The predicted octanol–water partition coefficient (Wildman–Crippen LogP) is -0.576. The Kier molecular flexibility index (Phi) is 8.19. The third kappa shape index (κ3) is 5.53. The highest BCUT2D eigenvalue weighted by molar-refractivity contribution is 6.00. The number of rotatable bonds is 6. The van der Waals surface area contributed by atoms with Gasteiger partial charge in [0.15, 0.2) is 18.2 Å². The van der Waals surface area contributed by atoms with Gasteiger partial charge in [0.2, 0.25) is 6.29 Å². The van der Waals surface area contributed by atoms with Crippen molar-refractivity contribution in [2.75, 3.05) is 6.61 Å². The van der Waals surface area contributed by atoms with E-state index in [1.807, 2.05) is 30.3 Å². The topological polar surface area (TPSA) is 185 Å². The first kappa shape index (κ1) is 27.9. The molecule has 212 valence electrons. The summed E-state index contributed by atoms with van der Waals surface area (Å²) in [7, 11) is 0. The number of ketones is 1. The van der Waals surface area contributed by atoms with Crippen molar-refractivity contribution in [2.45, 2.75) is 80.9 Å². The molecule has 2 saturated heterocycles. The Morgan fingerprint density at radius 1 is 0.872 bits per heavy atom. The molecule has 3 heterocycles. The predicted molar refractivity (Wildman–Crippen MR) is 131 cm³/mol. The standard InChI is InChI=1S/C27H32O12/c1-12-20(30)22(32)24(34)26(35-12)39-25-23(33)21(31)19(11-28)38-27(25)36-14-7-8-15-16(29)10-17(37-18(15)9-14)13-5-3-2-4-6-13/h2-9,12,17,19-28,30-34H,10-11H2,1H3/t12-,17?,19+,20-,21+,22+,23-,24+,25+,26-,27+/m0/s1. The molecule has 3 aliphatic heterocycles. The number of aliphatic hydroxyl groups is 6. The first-order chi connectivity index (χ1) is 18.7. The van der Waals surface area contributed by atoms with E-state index in [0.717, 1.165) is 5.56 Å². The number of ether oxygens (including phenoxy) is 5. The third-order valence-corrected chi connectivity index (χ3v) is 7.24. The fraction of sp³-hybridized carbons (Fsp3) is 0.519. The van der Waals surface area contributed by atoms with Gasteiger partial charge in [-0.15, -0.1) is 0 Å². The second-order valence-corrected chi connectivity index (χ2v) is 9.91. The van der Waals surface area contributed by atoms with Crippen molar-refractivity contribution >= 4 is 5.78 Å². The number of Topliss-reactive ketones (excluding diaryl/α,β-unsaturated/α-hetero) is 1. The molecule has 2 fully saturated rings. The third-order valence-electron chi connectivity index (χ3n) is 7.24. The van der Waals surface area contributed by atoms with Crippen molar-refractivity contribution in [3.05, 3.63) is 59.7 Å². The lowest BCUT2D eigenvalue weighted by atomic mass is 9.96. The molecule has 0 bridgehead atoms. The molecular weight excluding hydrogens is 516 g/mol. The molecule has 0 aliphatic carbocycles. The van der Waals surface area contributed by atoms with Crippen molar-refractivity contribution < 1.29 is 59.1 Å². The van der Waals surface area contributed by atoms with Gasteiger partial charge in [0, 0.05) is 6.07 Å². The van der Waals surface area contributed by atoms with Crippen LogP contribution in [0.25, 0.3) is 0 Å². The quantitative estimate of drug-likeness (QED) is 0.270. The molecule has 0 radical (unpaired) electrons. The van der Waals surface area contributed by atoms with Crippen molar-refractivity contribution in [1.29, 1.82) is 0 Å². The molecule has 11 atom stereocenters. The monoisotopic (exact) mass is 548 g/mol. The molecular formula is C27H32O12. The van der Waals surface area contributed by atoms with E-state index in [1.165, 1.54) is 25.1 Å². The van der Waals surface area contributed by atoms with E-state index in [1.54, 1.807) is 0 Å². The average molecular weight is 549 g/mol. The number of fused-ring (bicyclic) bond motifs is 1. The van der Waals surface area contributed by atoms with Crippen LogP contribution in [0.4, 0.5) is 0 Å². The molecule has 5 rings (SSSR count). The van der Waals surface area contributed by atoms with E-state index in [4.69, 9.17) is 23.7 Å². The van der Waals surface area contributed by atoms with Gasteiger partial charge >= 0.3 is 0 Å². The van der Waals surface area contributed by atoms with Gasteiger partial charge in [-0.1, -0.05) is 30.3 Å². The molecule has 0 aromatic heterocycles. The highest BCUT2D eigenvalue weighted by Gasteiger charge is 2.51. The van der Waals surface area contributed by atoms with Gasteiger partial charge in [-0.25, -0.2) is 0 Å². The summed E-state index contributed by atoms with van der Waals surface area (Å²) < 4.78 is 28.9. The lowest BCUT2D eigenvalue weighted by Crippen LogP contribution is -2.64. The summed E-state index contributed by atoms with van der Waals surface area (Å²) in [4.78, 5) is 12.8. The summed E-state index contributed by atoms with van der Waals surface area (Å²) in [6, 6.07) is 13.8. The highest BCUT2D eigenvalue weighted by atomic mass is 16.8. The van der Waals surface area contributed by atoms with Crippen LogP contribution in [-0.2, 0) is 14.2 Å². The Labute approximate surface area is 223 Å². The van der Waals surface area contributed by atoms with Gasteiger partial charge in [-0.05, 0) is 24.6 Å². The molecule has 0 spiro atoms. The van der Waals surface area contributed by atoms with E-state index < -0.39 is 74.1 Å². The van der Waals surface area contributed by atoms with E-state index in [-0.39, 0.29) is 23.7 Å². The van der Waals surface area contributed by atoms with Crippen LogP contribution >= 0.6 is 0 Å². The first-order valence-electron chi connectivity index (χ1n) is 12.7. The van der Waals surface area contributed by atoms with Crippen LogP contribution in [-0.4, -0.2) is 104 Å². The maximum atomic E-state index is 12.8. The molecule has 2 aromatic rings. The lowest BCUT2D eigenvalue weighted by molar-refractivity contribution is -0.354. The van der Waals surface area contributed by atoms with Crippen molar-refractivity contribution in [3.63, 3.8) is 0 Å². The molecule has 2 aromatic carbocycles. The van der Waals surface area contributed by atoms with Crippen LogP contribution in [0.3, 0.4) is 0 Å². The number of carbonyl (C=O) groups excluding carboxylic acids is 1. The number of hydrogen-bond acceptors (Lipinski definition) is 12. The minimum atomic E-state index is -1.69. The van der Waals surface area contributed by atoms with E-state index in [2.05, 4.69) is 0 Å². The number of carbonyl (C=O) groups is 1. The van der Waals surface area contributed by atoms with Gasteiger partial charge in [0.05, 0.1) is 24.7 Å². The van der Waals surface area contributed by atoms with E-state index in [9.17, 15) is 35.4 Å². The molecule has 1 unspecified atom stereocenters. The summed E-state index contributed by atoms with van der Waals surface area (Å²) in [5.74, 6) is 0.342. The summed E-state index contributed by atoms with van der Waals surface area (Å²) >= 11 is 0. The van der Waals surface area contributed by atoms with Crippen LogP contribution in [0, 0.1) is 0 Å². The molecule has 0 amide bonds. The molecule has 3 aliphatic rings. The summed E-state index contributed by atoms with van der Waals surface area (Å²) in [5.41, 5.74) is 1.21. The number of hydrogen-bond donors (Lipinski definition) is 6. The minimum absolute atomic E-state index is 0.107. The summed E-state index contributed by atoms with van der Waals surface area (Å²) in [5, 5.41) is 61.4. The van der Waals surface area contributed by atoms with Crippen molar-refractivity contribution in [3.8, 4) is 11.5 Å². The van der Waals surface area contributed by atoms with Gasteiger partial charge in [0.1, 0.15) is 54.2 Å². The van der Waals surface area contributed by atoms with Gasteiger partial charge in [-0.2, -0.15) is 0 Å². The maximum Gasteiger partial charge on any atom is 0.229 e. The highest BCUT2D eigenvalue weighted by Crippen LogP contribution is 2.38. The smallest absolute Gasteiger partial charge is 0.229 e. The fourth-order valence-electron chi connectivity index (χ4n) is 4.94. The van der Waals surface area contributed by atoms with Crippen LogP contribution in [0.1, 0.15) is 35.4 Å². The zero-order valence-electron chi connectivity index (χ0n) is 21.0. The van der Waals surface area contributed by atoms with Gasteiger partial charge in [-0.3, -0.25) is 4.79 Å². The van der Waals surface area contributed by atoms with Crippen LogP contribution in [0.15, 0.2) is 48.5 Å². The fourth-order valence-corrected chi connectivity index (χ4v) is 4.94. The first-order valence-corrected chi connectivity index (χ1v) is 12.7.